The Morgan fingerprint density at radius 1 is 1.33 bits per heavy atom. The molecule has 3 aromatic rings. The van der Waals surface area contributed by atoms with Gasteiger partial charge < -0.3 is 14.8 Å². The molecule has 138 valence electrons. The molecular weight excluding hydrogens is 444 g/mol. The van der Waals surface area contributed by atoms with E-state index in [1.54, 1.807) is 18.2 Å². The minimum absolute atomic E-state index is 0.0743. The van der Waals surface area contributed by atoms with E-state index in [9.17, 15) is 20.0 Å². The van der Waals surface area contributed by atoms with Gasteiger partial charge in [-0.1, -0.05) is 11.6 Å². The van der Waals surface area contributed by atoms with Crippen molar-refractivity contribution in [3.8, 4) is 11.6 Å². The van der Waals surface area contributed by atoms with E-state index < -0.39 is 17.4 Å². The normalized spacial score (nSPS) is 11.2. The number of fused-ring (bicyclic) bond motifs is 1. The van der Waals surface area contributed by atoms with Crippen molar-refractivity contribution in [2.24, 2.45) is 10.2 Å². The van der Waals surface area contributed by atoms with Gasteiger partial charge in [-0.2, -0.15) is 0 Å². The van der Waals surface area contributed by atoms with E-state index in [4.69, 9.17) is 16.3 Å². The van der Waals surface area contributed by atoms with Crippen LogP contribution in [0.5, 0.6) is 11.6 Å². The Morgan fingerprint density at radius 2 is 2.11 bits per heavy atom. The Morgan fingerprint density at radius 3 is 2.81 bits per heavy atom. The van der Waals surface area contributed by atoms with Crippen molar-refractivity contribution < 1.29 is 19.6 Å². The van der Waals surface area contributed by atoms with E-state index >= 15 is 0 Å². The van der Waals surface area contributed by atoms with Crippen LogP contribution in [0.25, 0.3) is 10.9 Å². The van der Waals surface area contributed by atoms with E-state index in [-0.39, 0.29) is 22.6 Å². The summed E-state index contributed by atoms with van der Waals surface area (Å²) in [7, 11) is 0. The minimum Gasteiger partial charge on any atom is -0.493 e. The number of halogens is 2. The maximum absolute atomic E-state index is 11.9. The highest BCUT2D eigenvalue weighted by Crippen LogP contribution is 2.37. The van der Waals surface area contributed by atoms with Crippen LogP contribution in [-0.2, 0) is 4.79 Å². The number of benzene rings is 2. The molecule has 0 spiro atoms. The van der Waals surface area contributed by atoms with Crippen LogP contribution in [0, 0.1) is 10.1 Å². The quantitative estimate of drug-likeness (QED) is 0.323. The summed E-state index contributed by atoms with van der Waals surface area (Å²) >= 11 is 9.08. The van der Waals surface area contributed by atoms with Gasteiger partial charge in [0.05, 0.1) is 14.9 Å². The molecule has 2 aromatic carbocycles. The Bertz CT molecular complexity index is 1080. The molecule has 0 aliphatic carbocycles. The number of non-ortho nitro benzene ring substituents is 1. The first-order valence-electron chi connectivity index (χ1n) is 7.36. The highest BCUT2D eigenvalue weighted by molar-refractivity contribution is 9.10. The summed E-state index contributed by atoms with van der Waals surface area (Å²) < 4.78 is 5.89. The summed E-state index contributed by atoms with van der Waals surface area (Å²) in [5.41, 5.74) is 0.163. The summed E-state index contributed by atoms with van der Waals surface area (Å²) in [6.45, 7) is -0.396. The number of nitro groups is 1. The lowest BCUT2D eigenvalue weighted by Gasteiger charge is -2.05. The SMILES string of the molecule is O=C(COc1ccc(Cl)cc1Br)N=Nc1c(O)[nH]c2ccc([N+](=O)[O-])cc12. The molecule has 0 unspecified atom stereocenters. The number of nitrogens with one attached hydrogen (secondary N) is 1. The molecule has 0 radical (unpaired) electrons. The molecule has 3 rings (SSSR count). The third-order valence-electron chi connectivity index (χ3n) is 3.45. The maximum atomic E-state index is 11.9. The Balaban J connectivity index is 1.76. The molecule has 0 aliphatic rings. The number of H-pyrrole nitrogens is 1. The highest BCUT2D eigenvalue weighted by Gasteiger charge is 2.15. The lowest BCUT2D eigenvalue weighted by Crippen LogP contribution is -2.08. The summed E-state index contributed by atoms with van der Waals surface area (Å²) in [5.74, 6) is -0.673. The van der Waals surface area contributed by atoms with Crippen LogP contribution in [0.2, 0.25) is 5.02 Å². The van der Waals surface area contributed by atoms with Crippen LogP contribution >= 0.6 is 27.5 Å². The molecule has 2 N–H and O–H groups in total. The number of hydrogen-bond acceptors (Lipinski definition) is 6. The third-order valence-corrected chi connectivity index (χ3v) is 4.31. The first-order valence-corrected chi connectivity index (χ1v) is 8.54. The Labute approximate surface area is 164 Å². The molecule has 11 heteroatoms. The van der Waals surface area contributed by atoms with Gasteiger partial charge in [0.15, 0.2) is 12.3 Å². The molecule has 0 aliphatic heterocycles. The van der Waals surface area contributed by atoms with Crippen LogP contribution in [-0.4, -0.2) is 27.5 Å². The second-order valence-corrected chi connectivity index (χ2v) is 6.56. The average Bonchev–Trinajstić information content (AvgIpc) is 2.93. The summed E-state index contributed by atoms with van der Waals surface area (Å²) in [4.78, 5) is 24.8. The van der Waals surface area contributed by atoms with Crippen molar-refractivity contribution in [3.63, 3.8) is 0 Å². The fourth-order valence-electron chi connectivity index (χ4n) is 2.23. The second-order valence-electron chi connectivity index (χ2n) is 5.27. The number of nitrogens with zero attached hydrogens (tertiary/aromatic N) is 3. The van der Waals surface area contributed by atoms with E-state index in [1.165, 1.54) is 18.2 Å². The van der Waals surface area contributed by atoms with Gasteiger partial charge in [0, 0.05) is 22.5 Å². The van der Waals surface area contributed by atoms with Crippen LogP contribution in [0.15, 0.2) is 51.1 Å². The van der Waals surface area contributed by atoms with Crippen LogP contribution in [0.3, 0.4) is 0 Å². The van der Waals surface area contributed by atoms with Gasteiger partial charge in [-0.3, -0.25) is 14.9 Å². The number of aromatic amines is 1. The summed E-state index contributed by atoms with van der Waals surface area (Å²) in [5, 5.41) is 28.8. The van der Waals surface area contributed by atoms with Crippen LogP contribution in [0.1, 0.15) is 0 Å². The highest BCUT2D eigenvalue weighted by atomic mass is 79.9. The number of amides is 1. The smallest absolute Gasteiger partial charge is 0.302 e. The first-order chi connectivity index (χ1) is 12.8. The molecule has 0 bridgehead atoms. The molecule has 0 saturated carbocycles. The number of aromatic nitrogens is 1. The van der Waals surface area contributed by atoms with Crippen molar-refractivity contribution >= 4 is 55.7 Å². The molecule has 1 amide bonds. The number of hydrogen-bond donors (Lipinski definition) is 2. The number of rotatable bonds is 5. The Hall–Kier alpha value is -2.98. The number of aromatic hydroxyl groups is 1. The average molecular weight is 454 g/mol. The Kier molecular flexibility index (Phi) is 5.38. The van der Waals surface area contributed by atoms with Gasteiger partial charge in [0.2, 0.25) is 5.88 Å². The largest absolute Gasteiger partial charge is 0.493 e. The van der Waals surface area contributed by atoms with E-state index in [2.05, 4.69) is 31.1 Å². The maximum Gasteiger partial charge on any atom is 0.302 e. The minimum atomic E-state index is -0.712. The lowest BCUT2D eigenvalue weighted by molar-refractivity contribution is -0.384. The van der Waals surface area contributed by atoms with E-state index in [0.29, 0.717) is 20.8 Å². The van der Waals surface area contributed by atoms with Gasteiger partial charge in [-0.05, 0) is 40.2 Å². The summed E-state index contributed by atoms with van der Waals surface area (Å²) in [6.07, 6.45) is 0. The third kappa shape index (κ3) is 4.23. The fourth-order valence-corrected chi connectivity index (χ4v) is 3.03. The topological polar surface area (TPSA) is 130 Å². The zero-order chi connectivity index (χ0) is 19.6. The molecule has 1 heterocycles. The van der Waals surface area contributed by atoms with E-state index in [0.717, 1.165) is 0 Å². The van der Waals surface area contributed by atoms with Crippen molar-refractivity contribution in [1.29, 1.82) is 0 Å². The van der Waals surface area contributed by atoms with Gasteiger partial charge in [0.25, 0.3) is 5.69 Å². The van der Waals surface area contributed by atoms with Gasteiger partial charge in [-0.15, -0.1) is 10.2 Å². The lowest BCUT2D eigenvalue weighted by atomic mass is 10.2. The van der Waals surface area contributed by atoms with Crippen LogP contribution in [0.4, 0.5) is 11.4 Å². The first kappa shape index (κ1) is 18.8. The van der Waals surface area contributed by atoms with Gasteiger partial charge >= 0.3 is 5.91 Å². The number of carbonyl (C=O) groups is 1. The molecule has 0 saturated heterocycles. The molecule has 0 atom stereocenters. The molecule has 1 aromatic heterocycles. The monoisotopic (exact) mass is 452 g/mol. The zero-order valence-corrected chi connectivity index (χ0v) is 15.7. The molecule has 0 fully saturated rings. The van der Waals surface area contributed by atoms with Crippen molar-refractivity contribution in [1.82, 2.24) is 4.98 Å². The number of azo groups is 1. The second kappa shape index (κ2) is 7.72. The number of carbonyl (C=O) groups excluding carboxylic acids is 1. The van der Waals surface area contributed by atoms with Gasteiger partial charge in [0.1, 0.15) is 5.75 Å². The molecule has 9 nitrogen and oxygen atoms in total. The van der Waals surface area contributed by atoms with Crippen LogP contribution < -0.4 is 4.74 Å². The number of nitro benzene ring substituents is 1. The predicted octanol–water partition coefficient (Wildman–Crippen LogP) is 4.89. The fraction of sp³-hybridized carbons (Fsp3) is 0.0625. The number of ether oxygens (including phenoxy) is 1. The van der Waals surface area contributed by atoms with E-state index in [1.807, 2.05) is 0 Å². The summed E-state index contributed by atoms with van der Waals surface area (Å²) in [6, 6.07) is 8.73. The predicted molar refractivity (Wildman–Crippen MR) is 101 cm³/mol. The standard InChI is InChI=1S/C16H10BrClN4O5/c17-11-5-8(18)1-4-13(11)27-7-14(23)20-21-15-10-6-9(22(25)26)2-3-12(10)19-16(15)24/h1-6,19,24H,7H2. The molecule has 27 heavy (non-hydrogen) atoms. The van der Waals surface area contributed by atoms with Gasteiger partial charge in [-0.25, -0.2) is 0 Å². The zero-order valence-electron chi connectivity index (χ0n) is 13.3. The van der Waals surface area contributed by atoms with Crippen molar-refractivity contribution in [3.05, 3.63) is 56.0 Å². The van der Waals surface area contributed by atoms with Crippen molar-refractivity contribution in [2.75, 3.05) is 6.61 Å². The molecular formula is C16H10BrClN4O5. The van der Waals surface area contributed by atoms with Crippen molar-refractivity contribution in [2.45, 2.75) is 0 Å².